The number of halogens is 1. The van der Waals surface area contributed by atoms with Crippen molar-refractivity contribution < 1.29 is 13.9 Å². The van der Waals surface area contributed by atoms with Crippen LogP contribution in [0.25, 0.3) is 0 Å². The maximum absolute atomic E-state index is 12.5. The number of benzene rings is 1. The van der Waals surface area contributed by atoms with Gasteiger partial charge in [-0.3, -0.25) is 0 Å². The quantitative estimate of drug-likeness (QED) is 0.587. The molecule has 3 nitrogen and oxygen atoms in total. The zero-order valence-corrected chi connectivity index (χ0v) is 9.17. The van der Waals surface area contributed by atoms with Gasteiger partial charge in [0.15, 0.2) is 0 Å². The Bertz CT molecular complexity index is 445. The van der Waals surface area contributed by atoms with Crippen molar-refractivity contribution in [3.63, 3.8) is 0 Å². The fourth-order valence-corrected chi connectivity index (χ4v) is 1.28. The summed E-state index contributed by atoms with van der Waals surface area (Å²) in [6.45, 7) is 0.823. The Morgan fingerprint density at radius 2 is 1.59 bits per heavy atom. The molecule has 1 heterocycles. The second-order valence-electron chi connectivity index (χ2n) is 3.33. The summed E-state index contributed by atoms with van der Waals surface area (Å²) in [6, 6.07) is 12.3. The number of ether oxygens (including phenoxy) is 2. The van der Waals surface area contributed by atoms with Crippen LogP contribution >= 0.6 is 0 Å². The number of para-hydroxylation sites is 1. The summed E-state index contributed by atoms with van der Waals surface area (Å²) in [6.07, 6.45) is 1.35. The highest BCUT2D eigenvalue weighted by atomic mass is 19.1. The molecule has 0 saturated carbocycles. The van der Waals surface area contributed by atoms with Gasteiger partial charge in [-0.25, -0.2) is 4.98 Å². The van der Waals surface area contributed by atoms with E-state index in [0.717, 1.165) is 5.75 Å². The van der Waals surface area contributed by atoms with E-state index in [4.69, 9.17) is 9.47 Å². The third-order valence-electron chi connectivity index (χ3n) is 2.06. The van der Waals surface area contributed by atoms with Crippen molar-refractivity contribution in [2.45, 2.75) is 0 Å². The molecule has 0 unspecified atom stereocenters. The molecule has 0 N–H and O–H groups in total. The molecule has 0 fully saturated rings. The molecule has 0 spiro atoms. The van der Waals surface area contributed by atoms with Crippen LogP contribution in [-0.4, -0.2) is 18.2 Å². The molecular weight excluding hydrogens is 221 g/mol. The molecule has 1 aromatic carbocycles. The summed E-state index contributed by atoms with van der Waals surface area (Å²) >= 11 is 0. The number of pyridine rings is 1. The Morgan fingerprint density at radius 1 is 0.882 bits per heavy atom. The molecule has 0 atom stereocenters. The zero-order valence-electron chi connectivity index (χ0n) is 9.17. The highest BCUT2D eigenvalue weighted by Gasteiger charge is 1.96. The van der Waals surface area contributed by atoms with E-state index in [1.165, 1.54) is 18.3 Å². The molecule has 0 saturated heterocycles. The zero-order chi connectivity index (χ0) is 11.9. The van der Waals surface area contributed by atoms with Crippen molar-refractivity contribution in [2.75, 3.05) is 13.2 Å². The maximum Gasteiger partial charge on any atom is 0.213 e. The first kappa shape index (κ1) is 11.4. The van der Waals surface area contributed by atoms with E-state index in [1.54, 1.807) is 0 Å². The second kappa shape index (κ2) is 5.84. The summed E-state index contributed by atoms with van der Waals surface area (Å²) < 4.78 is 23.3. The minimum absolute atomic E-state index is 0.391. The van der Waals surface area contributed by atoms with Gasteiger partial charge in [0, 0.05) is 0 Å². The average Bonchev–Trinajstić information content (AvgIpc) is 2.38. The van der Waals surface area contributed by atoms with Crippen LogP contribution in [0.5, 0.6) is 11.5 Å². The van der Waals surface area contributed by atoms with Crippen molar-refractivity contribution in [3.05, 3.63) is 54.6 Å². The van der Waals surface area contributed by atoms with Gasteiger partial charge in [-0.2, -0.15) is 4.39 Å². The predicted octanol–water partition coefficient (Wildman–Crippen LogP) is 2.68. The van der Waals surface area contributed by atoms with Crippen LogP contribution in [0.1, 0.15) is 0 Å². The Morgan fingerprint density at radius 3 is 2.24 bits per heavy atom. The van der Waals surface area contributed by atoms with Gasteiger partial charge < -0.3 is 9.47 Å². The molecule has 0 amide bonds. The summed E-state index contributed by atoms with van der Waals surface area (Å²) in [4.78, 5) is 3.48. The van der Waals surface area contributed by atoms with Crippen LogP contribution in [0.4, 0.5) is 4.39 Å². The highest BCUT2D eigenvalue weighted by Crippen LogP contribution is 2.10. The molecule has 2 aromatic rings. The molecule has 88 valence electrons. The lowest BCUT2D eigenvalue weighted by Gasteiger charge is -2.07. The van der Waals surface area contributed by atoms with Gasteiger partial charge in [0.25, 0.3) is 0 Å². The van der Waals surface area contributed by atoms with E-state index in [9.17, 15) is 4.39 Å². The number of nitrogens with zero attached hydrogens (tertiary/aromatic N) is 1. The van der Waals surface area contributed by atoms with Crippen LogP contribution in [0.15, 0.2) is 48.7 Å². The van der Waals surface area contributed by atoms with E-state index in [-0.39, 0.29) is 0 Å². The topological polar surface area (TPSA) is 31.4 Å². The van der Waals surface area contributed by atoms with Crippen LogP contribution in [-0.2, 0) is 0 Å². The molecule has 1 aromatic heterocycles. The van der Waals surface area contributed by atoms with Crippen molar-refractivity contribution >= 4 is 0 Å². The van der Waals surface area contributed by atoms with Gasteiger partial charge in [-0.1, -0.05) is 18.2 Å². The van der Waals surface area contributed by atoms with E-state index < -0.39 is 5.95 Å². The number of hydrogen-bond donors (Lipinski definition) is 0. The molecule has 2 rings (SSSR count). The van der Waals surface area contributed by atoms with Gasteiger partial charge >= 0.3 is 0 Å². The molecular formula is C13H12FNO2. The van der Waals surface area contributed by atoms with Gasteiger partial charge in [0.05, 0.1) is 6.20 Å². The number of hydrogen-bond acceptors (Lipinski definition) is 3. The lowest BCUT2D eigenvalue weighted by Crippen LogP contribution is -2.09. The van der Waals surface area contributed by atoms with Gasteiger partial charge in [-0.15, -0.1) is 0 Å². The maximum atomic E-state index is 12.5. The largest absolute Gasteiger partial charge is 0.490 e. The van der Waals surface area contributed by atoms with Crippen LogP contribution in [0.2, 0.25) is 0 Å². The normalized spacial score (nSPS) is 9.94. The van der Waals surface area contributed by atoms with Crippen LogP contribution < -0.4 is 9.47 Å². The van der Waals surface area contributed by atoms with E-state index in [1.807, 2.05) is 30.3 Å². The molecule has 0 radical (unpaired) electrons. The van der Waals surface area contributed by atoms with Crippen molar-refractivity contribution in [1.29, 1.82) is 0 Å². The molecule has 0 aliphatic rings. The summed E-state index contributed by atoms with van der Waals surface area (Å²) in [7, 11) is 0. The first-order chi connectivity index (χ1) is 8.34. The molecule has 0 bridgehead atoms. The third-order valence-corrected chi connectivity index (χ3v) is 2.06. The van der Waals surface area contributed by atoms with Crippen LogP contribution in [0.3, 0.4) is 0 Å². The van der Waals surface area contributed by atoms with Gasteiger partial charge in [-0.05, 0) is 24.3 Å². The molecule has 0 aliphatic carbocycles. The summed E-state index contributed by atoms with van der Waals surface area (Å²) in [5, 5.41) is 0. The third kappa shape index (κ3) is 3.75. The highest BCUT2D eigenvalue weighted by molar-refractivity contribution is 5.21. The fraction of sp³-hybridized carbons (Fsp3) is 0.154. The Balaban J connectivity index is 1.71. The lowest BCUT2D eigenvalue weighted by molar-refractivity contribution is 0.216. The van der Waals surface area contributed by atoms with Crippen molar-refractivity contribution in [1.82, 2.24) is 4.98 Å². The minimum atomic E-state index is -0.516. The van der Waals surface area contributed by atoms with Crippen LogP contribution in [0, 0.1) is 5.95 Å². The van der Waals surface area contributed by atoms with E-state index in [2.05, 4.69) is 4.98 Å². The monoisotopic (exact) mass is 233 g/mol. The Hall–Kier alpha value is -2.10. The predicted molar refractivity (Wildman–Crippen MR) is 61.6 cm³/mol. The number of aromatic nitrogens is 1. The SMILES string of the molecule is Fc1ccc(OCCOc2ccccc2)cn1. The molecule has 4 heteroatoms. The standard InChI is InChI=1S/C13H12FNO2/c14-13-7-6-12(10-15-13)17-9-8-16-11-4-2-1-3-5-11/h1-7,10H,8-9H2. The van der Waals surface area contributed by atoms with E-state index >= 15 is 0 Å². The van der Waals surface area contributed by atoms with Gasteiger partial charge in [0.2, 0.25) is 5.95 Å². The fourth-order valence-electron chi connectivity index (χ4n) is 1.28. The Kier molecular flexibility index (Phi) is 3.91. The first-order valence-electron chi connectivity index (χ1n) is 5.27. The average molecular weight is 233 g/mol. The van der Waals surface area contributed by atoms with Crippen molar-refractivity contribution in [3.8, 4) is 11.5 Å². The second-order valence-corrected chi connectivity index (χ2v) is 3.33. The smallest absolute Gasteiger partial charge is 0.213 e. The Labute approximate surface area is 98.8 Å². The first-order valence-corrected chi connectivity index (χ1v) is 5.27. The minimum Gasteiger partial charge on any atom is -0.490 e. The van der Waals surface area contributed by atoms with Crippen molar-refractivity contribution in [2.24, 2.45) is 0 Å². The van der Waals surface area contributed by atoms with Gasteiger partial charge in [0.1, 0.15) is 24.7 Å². The molecule has 17 heavy (non-hydrogen) atoms. The molecule has 0 aliphatic heterocycles. The summed E-state index contributed by atoms with van der Waals surface area (Å²) in [5.74, 6) is 0.814. The number of rotatable bonds is 5. The lowest BCUT2D eigenvalue weighted by atomic mass is 10.3. The van der Waals surface area contributed by atoms with E-state index in [0.29, 0.717) is 19.0 Å². The summed E-state index contributed by atoms with van der Waals surface area (Å²) in [5.41, 5.74) is 0.